The van der Waals surface area contributed by atoms with Crippen molar-refractivity contribution in [1.29, 1.82) is 0 Å². The second-order valence-corrected chi connectivity index (χ2v) is 18.2. The van der Waals surface area contributed by atoms with Crippen molar-refractivity contribution in [2.24, 2.45) is 0 Å². The third-order valence-corrected chi connectivity index (χ3v) is 13.7. The molecule has 9 aromatic carbocycles. The maximum absolute atomic E-state index is 16.4. The van der Waals surface area contributed by atoms with Crippen molar-refractivity contribution < 1.29 is 22.3 Å². The first-order valence-corrected chi connectivity index (χ1v) is 23.1. The molecule has 0 aliphatic rings. The van der Waals surface area contributed by atoms with E-state index in [0.717, 1.165) is 39.4 Å². The fraction of sp³-hybridized carbons (Fsp3) is 0.0690. The summed E-state index contributed by atoms with van der Waals surface area (Å²) in [7, 11) is 1.62. The first-order chi connectivity index (χ1) is 32.2. The molecule has 0 N–H and O–H groups in total. The van der Waals surface area contributed by atoms with Crippen LogP contribution in [0.15, 0.2) is 180 Å². The lowest BCUT2D eigenvalue weighted by molar-refractivity contribution is -0.137. The molecule has 9 aromatic rings. The third kappa shape index (κ3) is 8.80. The highest BCUT2D eigenvalue weighted by atomic mass is 79.9. The van der Waals surface area contributed by atoms with E-state index in [4.69, 9.17) is 39.5 Å². The number of hydrogen-bond acceptors (Lipinski definition) is 1. The summed E-state index contributed by atoms with van der Waals surface area (Å²) in [5, 5.41) is 1.13. The Morgan fingerprint density at radius 1 is 0.463 bits per heavy atom. The second-order valence-electron chi connectivity index (χ2n) is 16.1. The molecule has 0 aliphatic carbocycles. The van der Waals surface area contributed by atoms with E-state index in [1.54, 1.807) is 61.7 Å². The van der Waals surface area contributed by atoms with Crippen molar-refractivity contribution in [3.05, 3.63) is 218 Å². The van der Waals surface area contributed by atoms with E-state index < -0.39 is 17.6 Å². The summed E-state index contributed by atoms with van der Waals surface area (Å²) in [5.74, 6) is 0.286. The van der Waals surface area contributed by atoms with Crippen LogP contribution < -0.4 is 4.74 Å². The van der Waals surface area contributed by atoms with Crippen LogP contribution in [0.25, 0.3) is 89.0 Å². The molecule has 0 fully saturated rings. The summed E-state index contributed by atoms with van der Waals surface area (Å²) in [6.45, 7) is 4.10. The van der Waals surface area contributed by atoms with Crippen LogP contribution in [-0.2, 0) is 6.18 Å². The number of hydrogen-bond donors (Lipinski definition) is 0. The molecular weight excluding hydrogens is 975 g/mol. The van der Waals surface area contributed by atoms with Gasteiger partial charge in [-0.1, -0.05) is 178 Å². The average Bonchev–Trinajstić information content (AvgIpc) is 3.32. The summed E-state index contributed by atoms with van der Waals surface area (Å²) in [4.78, 5) is 0. The summed E-state index contributed by atoms with van der Waals surface area (Å²) < 4.78 is 66.3. The molecular formula is C58H38BrCl3F4O. The molecule has 0 saturated carbocycles. The fourth-order valence-corrected chi connectivity index (χ4v) is 10.3. The zero-order chi connectivity index (χ0) is 47.1. The van der Waals surface area contributed by atoms with Gasteiger partial charge in [-0.25, -0.2) is 4.39 Å². The smallest absolute Gasteiger partial charge is 0.417 e. The Balaban J connectivity index is 1.32. The average molecular weight is 1010 g/mol. The molecule has 0 saturated heterocycles. The van der Waals surface area contributed by atoms with Gasteiger partial charge in [0.1, 0.15) is 11.6 Å². The van der Waals surface area contributed by atoms with Gasteiger partial charge in [-0.2, -0.15) is 13.2 Å². The van der Waals surface area contributed by atoms with Gasteiger partial charge in [0.25, 0.3) is 0 Å². The van der Waals surface area contributed by atoms with Crippen molar-refractivity contribution in [2.75, 3.05) is 7.11 Å². The Labute approximate surface area is 410 Å². The molecule has 0 unspecified atom stereocenters. The van der Waals surface area contributed by atoms with Crippen molar-refractivity contribution in [1.82, 2.24) is 0 Å². The van der Waals surface area contributed by atoms with Gasteiger partial charge in [0.2, 0.25) is 0 Å². The van der Waals surface area contributed by atoms with Crippen LogP contribution in [0, 0.1) is 19.7 Å². The highest BCUT2D eigenvalue weighted by Crippen LogP contribution is 2.53. The number of alkyl halides is 3. The Morgan fingerprint density at radius 3 is 1.73 bits per heavy atom. The predicted molar refractivity (Wildman–Crippen MR) is 274 cm³/mol. The number of halogens is 8. The van der Waals surface area contributed by atoms with E-state index in [1.807, 2.05) is 73.7 Å². The molecule has 0 aliphatic heterocycles. The first-order valence-electron chi connectivity index (χ1n) is 21.2. The molecule has 0 heterocycles. The van der Waals surface area contributed by atoms with Gasteiger partial charge in [-0.15, -0.1) is 0 Å². The van der Waals surface area contributed by atoms with Gasteiger partial charge in [-0.05, 0) is 130 Å². The van der Waals surface area contributed by atoms with E-state index in [2.05, 4.69) is 53.2 Å². The van der Waals surface area contributed by atoms with Gasteiger partial charge in [-0.3, -0.25) is 0 Å². The molecule has 0 bridgehead atoms. The van der Waals surface area contributed by atoms with Crippen LogP contribution in [0.3, 0.4) is 0 Å². The molecule has 0 aromatic heterocycles. The lowest BCUT2D eigenvalue weighted by atomic mass is 9.80. The van der Waals surface area contributed by atoms with Gasteiger partial charge in [0.05, 0.1) is 17.7 Å². The van der Waals surface area contributed by atoms with E-state index in [1.165, 1.54) is 18.2 Å². The number of ether oxygens (including phenoxy) is 1. The topological polar surface area (TPSA) is 9.23 Å². The highest BCUT2D eigenvalue weighted by Gasteiger charge is 2.35. The molecule has 9 heteroatoms. The minimum Gasteiger partial charge on any atom is -0.497 e. The van der Waals surface area contributed by atoms with Crippen LogP contribution >= 0.6 is 50.7 Å². The van der Waals surface area contributed by atoms with Gasteiger partial charge < -0.3 is 4.74 Å². The summed E-state index contributed by atoms with van der Waals surface area (Å²) in [5.41, 5.74) is 11.1. The molecule has 0 atom stereocenters. The van der Waals surface area contributed by atoms with Crippen molar-refractivity contribution in [3.8, 4) is 94.8 Å². The first kappa shape index (κ1) is 46.0. The Hall–Kier alpha value is -6.15. The fourth-order valence-electron chi connectivity index (χ4n) is 8.99. The number of aryl methyl sites for hydroxylation is 1. The number of methoxy groups -OCH3 is 1. The van der Waals surface area contributed by atoms with Crippen molar-refractivity contribution in [2.45, 2.75) is 20.0 Å². The maximum atomic E-state index is 16.4. The quantitative estimate of drug-likeness (QED) is 0.131. The summed E-state index contributed by atoms with van der Waals surface area (Å²) in [6.07, 6.45) is -4.63. The van der Waals surface area contributed by atoms with Crippen LogP contribution in [-0.4, -0.2) is 7.11 Å². The van der Waals surface area contributed by atoms with Crippen LogP contribution in [0.4, 0.5) is 17.6 Å². The number of rotatable bonds is 9. The summed E-state index contributed by atoms with van der Waals surface area (Å²) in [6, 6.07) is 52.2. The molecule has 9 rings (SSSR count). The molecule has 0 spiro atoms. The predicted octanol–water partition coefficient (Wildman–Crippen LogP) is 19.5. The van der Waals surface area contributed by atoms with E-state index in [-0.39, 0.29) is 5.56 Å². The van der Waals surface area contributed by atoms with Gasteiger partial charge in [0.15, 0.2) is 0 Å². The minimum absolute atomic E-state index is 0.00120. The standard InChI is InChI=1S/C58H38BrCl3F4O/c1-33-21-23-35(24-22-33)46-32-48(56(45-12-5-7-20-52(45)63)53(34(46)2)36-25-28-38(67-3)29-26-36)43-16-8-15-42(57(43)62)39-14-10-19-51(61)55(39)41-30-27-37(60)31-47(41)40-13-9-18-50(59)54(40)44-11-4-6-17-49(44)58(64,65)66/h4-32H,1-3H3. The monoisotopic (exact) mass is 1010 g/mol. The molecule has 332 valence electrons. The Bertz CT molecular complexity index is 3350. The Morgan fingerprint density at radius 2 is 1.04 bits per heavy atom. The lowest BCUT2D eigenvalue weighted by Crippen LogP contribution is -2.07. The highest BCUT2D eigenvalue weighted by molar-refractivity contribution is 9.10. The van der Waals surface area contributed by atoms with E-state index in [0.29, 0.717) is 86.5 Å². The van der Waals surface area contributed by atoms with Crippen molar-refractivity contribution in [3.63, 3.8) is 0 Å². The summed E-state index contributed by atoms with van der Waals surface area (Å²) >= 11 is 25.4. The van der Waals surface area contributed by atoms with E-state index in [9.17, 15) is 13.2 Å². The largest absolute Gasteiger partial charge is 0.497 e. The van der Waals surface area contributed by atoms with Crippen LogP contribution in [0.1, 0.15) is 16.7 Å². The van der Waals surface area contributed by atoms with E-state index >= 15 is 4.39 Å². The maximum Gasteiger partial charge on any atom is 0.417 e. The van der Waals surface area contributed by atoms with Gasteiger partial charge >= 0.3 is 6.18 Å². The lowest BCUT2D eigenvalue weighted by Gasteiger charge is -2.24. The van der Waals surface area contributed by atoms with Crippen LogP contribution in [0.2, 0.25) is 15.1 Å². The molecule has 0 radical (unpaired) electrons. The zero-order valence-electron chi connectivity index (χ0n) is 36.2. The van der Waals surface area contributed by atoms with Crippen molar-refractivity contribution >= 4 is 50.7 Å². The second kappa shape index (κ2) is 18.9. The molecule has 0 amide bonds. The normalized spacial score (nSPS) is 11.5. The van der Waals surface area contributed by atoms with Gasteiger partial charge in [0, 0.05) is 47.9 Å². The minimum atomic E-state index is -4.63. The number of benzene rings is 9. The third-order valence-electron chi connectivity index (χ3n) is 12.1. The molecule has 67 heavy (non-hydrogen) atoms. The van der Waals surface area contributed by atoms with Crippen LogP contribution in [0.5, 0.6) is 5.75 Å². The zero-order valence-corrected chi connectivity index (χ0v) is 40.0. The Kier molecular flexibility index (Phi) is 12.9. The molecule has 1 nitrogen and oxygen atoms in total. The SMILES string of the molecule is COc1ccc(-c2c(C)c(-c3ccc(C)cc3)cc(-c3cccc(-c4cccc(Cl)c4-c4ccc(Cl)cc4-c4cccc(Br)c4-c4ccccc4C(F)(F)F)c3Cl)c2-c2ccccc2F)cc1.